The van der Waals surface area contributed by atoms with Crippen LogP contribution >= 0.6 is 27.3 Å². The second kappa shape index (κ2) is 2.15. The third-order valence-electron chi connectivity index (χ3n) is 0.827. The minimum Gasteiger partial charge on any atom is -0.195 e. The first kappa shape index (κ1) is 6.23. The quantitative estimate of drug-likeness (QED) is 0.596. The Morgan fingerprint density at radius 1 is 1.75 bits per heavy atom. The van der Waals surface area contributed by atoms with Crippen LogP contribution < -0.4 is 0 Å². The molecule has 0 nitrogen and oxygen atoms in total. The van der Waals surface area contributed by atoms with E-state index in [2.05, 4.69) is 15.9 Å². The molecule has 0 N–H and O–H groups in total. The summed E-state index contributed by atoms with van der Waals surface area (Å²) < 4.78 is 13.0. The van der Waals surface area contributed by atoms with Crippen LogP contribution in [0.3, 0.4) is 0 Å². The molecule has 0 radical (unpaired) electrons. The van der Waals surface area contributed by atoms with E-state index in [1.54, 1.807) is 0 Å². The Kier molecular flexibility index (Phi) is 1.68. The molecular weight excluding hydrogens is 191 g/mol. The maximum Gasteiger partial charge on any atom is 0.177 e. The van der Waals surface area contributed by atoms with E-state index in [9.17, 15) is 4.39 Å². The van der Waals surface area contributed by atoms with Gasteiger partial charge in [-0.2, -0.15) is 4.39 Å². The summed E-state index contributed by atoms with van der Waals surface area (Å²) in [6, 6.07) is 1.47. The lowest BCUT2D eigenvalue weighted by atomic mass is 10.5. The van der Waals surface area contributed by atoms with Gasteiger partial charge in [-0.15, -0.1) is 11.3 Å². The molecule has 0 bridgehead atoms. The molecule has 1 rings (SSSR count). The monoisotopic (exact) mass is 194 g/mol. The molecule has 0 fully saturated rings. The van der Waals surface area contributed by atoms with Crippen molar-refractivity contribution >= 4 is 27.3 Å². The van der Waals surface area contributed by atoms with Crippen molar-refractivity contribution in [3.05, 3.63) is 20.5 Å². The van der Waals surface area contributed by atoms with Gasteiger partial charge < -0.3 is 0 Å². The number of halogens is 2. The van der Waals surface area contributed by atoms with Gasteiger partial charge in [0, 0.05) is 9.35 Å². The molecule has 0 spiro atoms. The lowest BCUT2D eigenvalue weighted by Crippen LogP contribution is -1.53. The Hall–Kier alpha value is 0.110. The minimum absolute atomic E-state index is 0.130. The highest BCUT2D eigenvalue weighted by Gasteiger charge is 1.98. The summed E-state index contributed by atoms with van der Waals surface area (Å²) in [5.74, 6) is 0. The summed E-state index contributed by atoms with van der Waals surface area (Å²) in [6.07, 6.45) is 0. The zero-order chi connectivity index (χ0) is 6.15. The van der Waals surface area contributed by atoms with Crippen molar-refractivity contribution in [1.82, 2.24) is 0 Å². The van der Waals surface area contributed by atoms with Gasteiger partial charge in [0.1, 0.15) is 0 Å². The molecule has 0 saturated carbocycles. The summed E-state index contributed by atoms with van der Waals surface area (Å²) >= 11 is 4.34. The standard InChI is InChI=1S/C5H4BrFS/c1-3-4(6)2-5(7)8-3/h2H,1H3. The van der Waals surface area contributed by atoms with Crippen LogP contribution in [0.2, 0.25) is 0 Å². The van der Waals surface area contributed by atoms with Gasteiger partial charge in [0.2, 0.25) is 0 Å². The van der Waals surface area contributed by atoms with Crippen molar-refractivity contribution in [2.24, 2.45) is 0 Å². The summed E-state index contributed by atoms with van der Waals surface area (Å²) in [7, 11) is 0. The molecule has 0 saturated heterocycles. The highest BCUT2D eigenvalue weighted by Crippen LogP contribution is 2.24. The Bertz CT molecular complexity index is 175. The first-order chi connectivity index (χ1) is 3.70. The maximum absolute atomic E-state index is 12.2. The van der Waals surface area contributed by atoms with E-state index < -0.39 is 0 Å². The second-order valence-electron chi connectivity index (χ2n) is 1.45. The Morgan fingerprint density at radius 2 is 2.38 bits per heavy atom. The molecule has 44 valence electrons. The van der Waals surface area contributed by atoms with Crippen LogP contribution in [0.25, 0.3) is 0 Å². The van der Waals surface area contributed by atoms with Gasteiger partial charge in [-0.05, 0) is 28.9 Å². The molecule has 0 aliphatic carbocycles. The Morgan fingerprint density at radius 3 is 2.50 bits per heavy atom. The van der Waals surface area contributed by atoms with Crippen molar-refractivity contribution in [3.8, 4) is 0 Å². The first-order valence-electron chi connectivity index (χ1n) is 2.11. The van der Waals surface area contributed by atoms with Crippen LogP contribution in [0.4, 0.5) is 4.39 Å². The maximum atomic E-state index is 12.2. The predicted molar refractivity (Wildman–Crippen MR) is 36.7 cm³/mol. The normalized spacial score (nSPS) is 9.88. The molecule has 0 aliphatic heterocycles. The van der Waals surface area contributed by atoms with Crippen LogP contribution in [0.15, 0.2) is 10.5 Å². The van der Waals surface area contributed by atoms with Crippen LogP contribution in [-0.4, -0.2) is 0 Å². The van der Waals surface area contributed by atoms with Gasteiger partial charge in [0.25, 0.3) is 0 Å². The number of hydrogen-bond acceptors (Lipinski definition) is 1. The molecule has 8 heavy (non-hydrogen) atoms. The van der Waals surface area contributed by atoms with Crippen LogP contribution in [0.1, 0.15) is 4.88 Å². The zero-order valence-corrected chi connectivity index (χ0v) is 6.64. The first-order valence-corrected chi connectivity index (χ1v) is 3.72. The van der Waals surface area contributed by atoms with E-state index in [0.717, 1.165) is 20.7 Å². The van der Waals surface area contributed by atoms with Crippen molar-refractivity contribution in [1.29, 1.82) is 0 Å². The molecule has 1 aromatic rings. The van der Waals surface area contributed by atoms with Crippen molar-refractivity contribution in [2.45, 2.75) is 6.92 Å². The lowest BCUT2D eigenvalue weighted by molar-refractivity contribution is 0.657. The number of rotatable bonds is 0. The van der Waals surface area contributed by atoms with Gasteiger partial charge in [-0.3, -0.25) is 0 Å². The van der Waals surface area contributed by atoms with E-state index in [4.69, 9.17) is 0 Å². The second-order valence-corrected chi connectivity index (χ2v) is 3.52. The smallest absolute Gasteiger partial charge is 0.177 e. The summed E-state index contributed by atoms with van der Waals surface area (Å²) in [4.78, 5) is 0.988. The summed E-state index contributed by atoms with van der Waals surface area (Å²) in [6.45, 7) is 1.87. The number of aryl methyl sites for hydroxylation is 1. The highest BCUT2D eigenvalue weighted by atomic mass is 79.9. The third kappa shape index (κ3) is 1.09. The fourth-order valence-electron chi connectivity index (χ4n) is 0.426. The molecule has 0 aliphatic rings. The van der Waals surface area contributed by atoms with E-state index in [1.165, 1.54) is 6.07 Å². The van der Waals surface area contributed by atoms with Crippen molar-refractivity contribution < 1.29 is 4.39 Å². The number of hydrogen-bond donors (Lipinski definition) is 0. The van der Waals surface area contributed by atoms with Crippen LogP contribution in [0, 0.1) is 12.1 Å². The Balaban J connectivity index is 3.14. The Labute approximate surface area is 59.5 Å². The highest BCUT2D eigenvalue weighted by molar-refractivity contribution is 9.10. The molecule has 3 heteroatoms. The van der Waals surface area contributed by atoms with Crippen LogP contribution in [-0.2, 0) is 0 Å². The molecular formula is C5H4BrFS. The molecule has 1 heterocycles. The molecule has 0 aromatic carbocycles. The average molecular weight is 195 g/mol. The predicted octanol–water partition coefficient (Wildman–Crippen LogP) is 2.96. The zero-order valence-electron chi connectivity index (χ0n) is 4.24. The van der Waals surface area contributed by atoms with Crippen molar-refractivity contribution in [2.75, 3.05) is 0 Å². The van der Waals surface area contributed by atoms with E-state index >= 15 is 0 Å². The molecule has 0 unspecified atom stereocenters. The van der Waals surface area contributed by atoms with Gasteiger partial charge in [0.15, 0.2) is 5.13 Å². The van der Waals surface area contributed by atoms with Crippen molar-refractivity contribution in [3.63, 3.8) is 0 Å². The lowest BCUT2D eigenvalue weighted by Gasteiger charge is -1.76. The molecule has 0 amide bonds. The largest absolute Gasteiger partial charge is 0.195 e. The van der Waals surface area contributed by atoms with E-state index in [-0.39, 0.29) is 5.13 Å². The molecule has 0 atom stereocenters. The summed E-state index contributed by atoms with van der Waals surface area (Å²) in [5.41, 5.74) is 0. The van der Waals surface area contributed by atoms with Gasteiger partial charge in [0.05, 0.1) is 0 Å². The fourth-order valence-corrected chi connectivity index (χ4v) is 1.65. The van der Waals surface area contributed by atoms with Crippen LogP contribution in [0.5, 0.6) is 0 Å². The average Bonchev–Trinajstić information content (AvgIpc) is 1.85. The van der Waals surface area contributed by atoms with Gasteiger partial charge >= 0.3 is 0 Å². The topological polar surface area (TPSA) is 0 Å². The van der Waals surface area contributed by atoms with E-state index in [1.807, 2.05) is 6.92 Å². The van der Waals surface area contributed by atoms with E-state index in [0.29, 0.717) is 0 Å². The minimum atomic E-state index is -0.130. The summed E-state index contributed by atoms with van der Waals surface area (Å²) in [5, 5.41) is -0.130. The fraction of sp³-hybridized carbons (Fsp3) is 0.200. The van der Waals surface area contributed by atoms with Gasteiger partial charge in [-0.1, -0.05) is 0 Å². The number of thiophene rings is 1. The third-order valence-corrected chi connectivity index (χ3v) is 2.75. The molecule has 1 aromatic heterocycles. The van der Waals surface area contributed by atoms with Gasteiger partial charge in [-0.25, -0.2) is 0 Å². The SMILES string of the molecule is Cc1sc(F)cc1Br.